The van der Waals surface area contributed by atoms with Crippen LogP contribution in [0.4, 0.5) is 4.39 Å². The highest BCUT2D eigenvalue weighted by Gasteiger charge is 2.21. The minimum absolute atomic E-state index is 0.131. The molecule has 1 N–H and O–H groups in total. The molecule has 0 aliphatic rings. The number of hydrogen-bond acceptors (Lipinski definition) is 2. The van der Waals surface area contributed by atoms with Crippen molar-refractivity contribution in [3.63, 3.8) is 0 Å². The van der Waals surface area contributed by atoms with E-state index in [0.717, 1.165) is 0 Å². The van der Waals surface area contributed by atoms with E-state index in [2.05, 4.69) is 0 Å². The van der Waals surface area contributed by atoms with Crippen molar-refractivity contribution in [3.05, 3.63) is 47.8 Å². The number of aliphatic hydroxyl groups excluding tert-OH is 1. The van der Waals surface area contributed by atoms with Crippen molar-refractivity contribution in [1.29, 1.82) is 0 Å². The van der Waals surface area contributed by atoms with E-state index < -0.39 is 0 Å². The van der Waals surface area contributed by atoms with Crippen LogP contribution in [0.25, 0.3) is 0 Å². The zero-order valence-electron chi connectivity index (χ0n) is 11.3. The molecule has 1 atom stereocenters. The van der Waals surface area contributed by atoms with Gasteiger partial charge in [0.25, 0.3) is 0 Å². The molecule has 0 saturated heterocycles. The van der Waals surface area contributed by atoms with Gasteiger partial charge in [0.15, 0.2) is 0 Å². The van der Waals surface area contributed by atoms with Gasteiger partial charge in [-0.25, -0.2) is 4.39 Å². The summed E-state index contributed by atoms with van der Waals surface area (Å²) >= 11 is 0. The Morgan fingerprint density at radius 1 is 1.47 bits per heavy atom. The lowest BCUT2D eigenvalue weighted by Gasteiger charge is -2.29. The molecule has 4 heteroatoms. The summed E-state index contributed by atoms with van der Waals surface area (Å²) in [6.45, 7) is 3.67. The van der Waals surface area contributed by atoms with Crippen molar-refractivity contribution < 1.29 is 14.3 Å². The van der Waals surface area contributed by atoms with Crippen LogP contribution < -0.4 is 0 Å². The van der Waals surface area contributed by atoms with Crippen molar-refractivity contribution in [2.24, 2.45) is 0 Å². The summed E-state index contributed by atoms with van der Waals surface area (Å²) in [4.78, 5) is 13.5. The normalized spacial score (nSPS) is 12.6. The predicted octanol–water partition coefficient (Wildman–Crippen LogP) is 2.50. The number of rotatable bonds is 6. The van der Waals surface area contributed by atoms with Crippen LogP contribution in [0, 0.1) is 5.82 Å². The van der Waals surface area contributed by atoms with E-state index in [4.69, 9.17) is 0 Å². The monoisotopic (exact) mass is 265 g/mol. The first-order valence-corrected chi connectivity index (χ1v) is 6.41. The molecule has 0 fully saturated rings. The highest BCUT2D eigenvalue weighted by Crippen LogP contribution is 2.14. The highest BCUT2D eigenvalue weighted by atomic mass is 19.1. The molecule has 1 amide bonds. The fraction of sp³-hybridized carbons (Fsp3) is 0.400. The van der Waals surface area contributed by atoms with Crippen LogP contribution in [0.15, 0.2) is 36.4 Å². The third-order valence-electron chi connectivity index (χ3n) is 3.01. The molecule has 0 aromatic heterocycles. The number of hydrogen-bond donors (Lipinski definition) is 1. The Hall–Kier alpha value is -1.68. The number of carbonyl (C=O) groups is 1. The number of benzene rings is 1. The quantitative estimate of drug-likeness (QED) is 0.803. The maximum atomic E-state index is 13.7. The average molecular weight is 265 g/mol. The Bertz CT molecular complexity index is 442. The van der Waals surface area contributed by atoms with Gasteiger partial charge in [-0.1, -0.05) is 31.2 Å². The molecule has 104 valence electrons. The molecule has 0 saturated carbocycles. The molecule has 0 bridgehead atoms. The number of nitrogens with zero attached hydrogens (tertiary/aromatic N) is 1. The standard InChI is InChI=1S/C15H20FNO2/c1-3-7-15(19)17(13(4-2)11-18)10-12-8-5-6-9-14(12)16/h3,5-9,13,18H,4,10-11H2,1-2H3/b7-3+/t13-/m1/s1. The number of carbonyl (C=O) groups excluding carboxylic acids is 1. The van der Waals surface area contributed by atoms with Crippen molar-refractivity contribution in [1.82, 2.24) is 4.90 Å². The molecule has 1 rings (SSSR count). The lowest BCUT2D eigenvalue weighted by Crippen LogP contribution is -2.41. The average Bonchev–Trinajstić information content (AvgIpc) is 2.41. The summed E-state index contributed by atoms with van der Waals surface area (Å²) in [5.74, 6) is -0.555. The fourth-order valence-electron chi connectivity index (χ4n) is 1.88. The van der Waals surface area contributed by atoms with Crippen LogP contribution in [0.1, 0.15) is 25.8 Å². The molecular weight excluding hydrogens is 245 g/mol. The van der Waals surface area contributed by atoms with Gasteiger partial charge in [0.2, 0.25) is 5.91 Å². The number of amides is 1. The lowest BCUT2D eigenvalue weighted by atomic mass is 10.1. The molecule has 0 aliphatic heterocycles. The fourth-order valence-corrected chi connectivity index (χ4v) is 1.88. The molecule has 0 radical (unpaired) electrons. The molecule has 3 nitrogen and oxygen atoms in total. The second kappa shape index (κ2) is 7.69. The first-order chi connectivity index (χ1) is 9.13. The minimum atomic E-state index is -0.339. The summed E-state index contributed by atoms with van der Waals surface area (Å²) in [7, 11) is 0. The highest BCUT2D eigenvalue weighted by molar-refractivity contribution is 5.87. The number of halogens is 1. The second-order valence-electron chi connectivity index (χ2n) is 4.30. The van der Waals surface area contributed by atoms with Crippen LogP contribution in [0.2, 0.25) is 0 Å². The van der Waals surface area contributed by atoms with Gasteiger partial charge in [0, 0.05) is 12.1 Å². The van der Waals surface area contributed by atoms with Crippen LogP contribution in [-0.4, -0.2) is 28.6 Å². The second-order valence-corrected chi connectivity index (χ2v) is 4.30. The summed E-state index contributed by atoms with van der Waals surface area (Å²) in [5, 5.41) is 9.35. The van der Waals surface area contributed by atoms with E-state index in [1.807, 2.05) is 6.92 Å². The van der Waals surface area contributed by atoms with Gasteiger partial charge >= 0.3 is 0 Å². The van der Waals surface area contributed by atoms with Crippen LogP contribution >= 0.6 is 0 Å². The minimum Gasteiger partial charge on any atom is -0.394 e. The van der Waals surface area contributed by atoms with Gasteiger partial charge in [-0.05, 0) is 25.5 Å². The molecule has 1 aromatic carbocycles. The summed E-state index contributed by atoms with van der Waals surface area (Å²) in [6.07, 6.45) is 3.69. The maximum Gasteiger partial charge on any atom is 0.246 e. The zero-order valence-corrected chi connectivity index (χ0v) is 11.3. The van der Waals surface area contributed by atoms with E-state index >= 15 is 0 Å². The Balaban J connectivity index is 2.97. The van der Waals surface area contributed by atoms with Gasteiger partial charge in [-0.2, -0.15) is 0 Å². The van der Waals surface area contributed by atoms with E-state index in [1.54, 1.807) is 31.2 Å². The summed E-state index contributed by atoms with van der Waals surface area (Å²) in [5.41, 5.74) is 0.451. The number of allylic oxidation sites excluding steroid dienone is 1. The van der Waals surface area contributed by atoms with Crippen molar-refractivity contribution in [2.45, 2.75) is 32.9 Å². The van der Waals surface area contributed by atoms with Gasteiger partial charge < -0.3 is 10.0 Å². The van der Waals surface area contributed by atoms with E-state index in [9.17, 15) is 14.3 Å². The van der Waals surface area contributed by atoms with Crippen LogP contribution in [0.5, 0.6) is 0 Å². The van der Waals surface area contributed by atoms with Crippen LogP contribution in [-0.2, 0) is 11.3 Å². The van der Waals surface area contributed by atoms with Gasteiger partial charge in [0.1, 0.15) is 5.82 Å². The third kappa shape index (κ3) is 4.17. The molecule has 19 heavy (non-hydrogen) atoms. The van der Waals surface area contributed by atoms with E-state index in [1.165, 1.54) is 17.0 Å². The first kappa shape index (κ1) is 15.4. The molecule has 0 unspecified atom stereocenters. The largest absolute Gasteiger partial charge is 0.394 e. The Morgan fingerprint density at radius 3 is 2.68 bits per heavy atom. The van der Waals surface area contributed by atoms with E-state index in [0.29, 0.717) is 12.0 Å². The maximum absolute atomic E-state index is 13.7. The van der Waals surface area contributed by atoms with E-state index in [-0.39, 0.29) is 30.9 Å². The Morgan fingerprint density at radius 2 is 2.16 bits per heavy atom. The van der Waals surface area contributed by atoms with Crippen LogP contribution in [0.3, 0.4) is 0 Å². The van der Waals surface area contributed by atoms with Gasteiger partial charge in [0.05, 0.1) is 12.6 Å². The zero-order chi connectivity index (χ0) is 14.3. The summed E-state index contributed by atoms with van der Waals surface area (Å²) < 4.78 is 13.7. The molecule has 0 aliphatic carbocycles. The molecule has 0 heterocycles. The van der Waals surface area contributed by atoms with Crippen molar-refractivity contribution in [2.75, 3.05) is 6.61 Å². The lowest BCUT2D eigenvalue weighted by molar-refractivity contribution is -0.130. The first-order valence-electron chi connectivity index (χ1n) is 6.41. The topological polar surface area (TPSA) is 40.5 Å². The van der Waals surface area contributed by atoms with Crippen molar-refractivity contribution in [3.8, 4) is 0 Å². The third-order valence-corrected chi connectivity index (χ3v) is 3.01. The Labute approximate surface area is 113 Å². The molecular formula is C15H20FNO2. The predicted molar refractivity (Wildman–Crippen MR) is 72.9 cm³/mol. The smallest absolute Gasteiger partial charge is 0.246 e. The van der Waals surface area contributed by atoms with Gasteiger partial charge in [-0.3, -0.25) is 4.79 Å². The SMILES string of the molecule is C/C=C/C(=O)N(Cc1ccccc1F)[C@H](CC)CO. The molecule has 1 aromatic rings. The van der Waals surface area contributed by atoms with Crippen molar-refractivity contribution >= 4 is 5.91 Å². The number of aliphatic hydroxyl groups is 1. The molecule has 0 spiro atoms. The van der Waals surface area contributed by atoms with Gasteiger partial charge in [-0.15, -0.1) is 0 Å². The Kier molecular flexibility index (Phi) is 6.22. The summed E-state index contributed by atoms with van der Waals surface area (Å²) in [6, 6.07) is 6.06.